The standard InChI is InChI=1S/C24H32N6O3S/c1-24(2,3)33-23(31)29-13-6-7-17(12-14-29)30-22(19-15-20(32-4)27-26-19)25-21(28-30)16-8-10-18(34-5)11-9-16/h8-11,15,17H,6-7,12-14H2,1-5H3,(H,26,27). The number of hydrogen-bond donors (Lipinski definition) is 1. The van der Waals surface area contributed by atoms with E-state index < -0.39 is 5.60 Å². The number of ether oxygens (including phenoxy) is 2. The summed E-state index contributed by atoms with van der Waals surface area (Å²) in [6, 6.07) is 10.1. The Labute approximate surface area is 204 Å². The zero-order valence-electron chi connectivity index (χ0n) is 20.4. The molecule has 1 saturated heterocycles. The van der Waals surface area contributed by atoms with Crippen LogP contribution in [0.15, 0.2) is 35.2 Å². The highest BCUT2D eigenvalue weighted by molar-refractivity contribution is 7.98. The van der Waals surface area contributed by atoms with Crippen molar-refractivity contribution >= 4 is 17.9 Å². The van der Waals surface area contributed by atoms with E-state index in [9.17, 15) is 4.79 Å². The maximum absolute atomic E-state index is 12.6. The van der Waals surface area contributed by atoms with Crippen molar-refractivity contribution in [2.45, 2.75) is 56.6 Å². The minimum atomic E-state index is -0.512. The number of H-pyrrole nitrogens is 1. The molecule has 9 nitrogen and oxygen atoms in total. The Hall–Kier alpha value is -3.01. The van der Waals surface area contributed by atoms with Crippen LogP contribution in [-0.2, 0) is 4.74 Å². The SMILES string of the molecule is COc1cc(-c2nc(-c3ccc(SC)cc3)nn2C2CCCN(C(=O)OC(C)(C)C)CC2)[nH]n1. The second-order valence-corrected chi connectivity index (χ2v) is 10.2. The third-order valence-corrected chi connectivity index (χ3v) is 6.42. The van der Waals surface area contributed by atoms with E-state index in [0.29, 0.717) is 30.6 Å². The lowest BCUT2D eigenvalue weighted by Crippen LogP contribution is -2.37. The van der Waals surface area contributed by atoms with Crippen LogP contribution in [0.1, 0.15) is 46.1 Å². The van der Waals surface area contributed by atoms with Crippen LogP contribution < -0.4 is 4.74 Å². The van der Waals surface area contributed by atoms with Gasteiger partial charge in [-0.2, -0.15) is 5.10 Å². The third kappa shape index (κ3) is 5.55. The predicted molar refractivity (Wildman–Crippen MR) is 132 cm³/mol. The lowest BCUT2D eigenvalue weighted by Gasteiger charge is -2.26. The molecule has 0 bridgehead atoms. The van der Waals surface area contributed by atoms with Crippen LogP contribution in [0.5, 0.6) is 5.88 Å². The molecule has 1 aliphatic heterocycles. The number of amides is 1. The van der Waals surface area contributed by atoms with Crippen molar-refractivity contribution in [2.75, 3.05) is 26.5 Å². The second kappa shape index (κ2) is 10.1. The van der Waals surface area contributed by atoms with Gasteiger partial charge in [-0.05, 0) is 58.4 Å². The molecule has 1 unspecified atom stereocenters. The monoisotopic (exact) mass is 484 g/mol. The maximum Gasteiger partial charge on any atom is 0.410 e. The first-order valence-corrected chi connectivity index (χ1v) is 12.7. The molecule has 2 aromatic heterocycles. The molecule has 1 atom stereocenters. The van der Waals surface area contributed by atoms with Crippen LogP contribution in [-0.4, -0.2) is 68.0 Å². The molecule has 1 fully saturated rings. The molecule has 182 valence electrons. The van der Waals surface area contributed by atoms with Crippen molar-refractivity contribution in [3.63, 3.8) is 0 Å². The summed E-state index contributed by atoms with van der Waals surface area (Å²) in [6.45, 7) is 6.93. The van der Waals surface area contributed by atoms with Crippen molar-refractivity contribution in [1.82, 2.24) is 29.9 Å². The summed E-state index contributed by atoms with van der Waals surface area (Å²) >= 11 is 1.70. The molecule has 4 rings (SSSR count). The van der Waals surface area contributed by atoms with Crippen molar-refractivity contribution in [3.05, 3.63) is 30.3 Å². The Kier molecular flexibility index (Phi) is 7.16. The van der Waals surface area contributed by atoms with Gasteiger partial charge in [0, 0.05) is 29.6 Å². The average Bonchev–Trinajstić information content (AvgIpc) is 3.39. The Morgan fingerprint density at radius 2 is 1.94 bits per heavy atom. The van der Waals surface area contributed by atoms with Crippen molar-refractivity contribution in [2.24, 2.45) is 0 Å². The lowest BCUT2D eigenvalue weighted by atomic mass is 10.1. The number of carbonyl (C=O) groups is 1. The number of aromatic amines is 1. The van der Waals surface area contributed by atoms with E-state index in [4.69, 9.17) is 19.6 Å². The van der Waals surface area contributed by atoms with Gasteiger partial charge in [-0.15, -0.1) is 16.9 Å². The fourth-order valence-corrected chi connectivity index (χ4v) is 4.39. The van der Waals surface area contributed by atoms with E-state index in [2.05, 4.69) is 28.6 Å². The van der Waals surface area contributed by atoms with Gasteiger partial charge < -0.3 is 14.4 Å². The summed E-state index contributed by atoms with van der Waals surface area (Å²) in [5, 5.41) is 12.1. The van der Waals surface area contributed by atoms with Crippen LogP contribution in [0.2, 0.25) is 0 Å². The molecule has 3 heterocycles. The number of carbonyl (C=O) groups excluding carboxylic acids is 1. The molecule has 0 saturated carbocycles. The molecule has 1 aliphatic rings. The lowest BCUT2D eigenvalue weighted by molar-refractivity contribution is 0.0255. The van der Waals surface area contributed by atoms with E-state index in [0.717, 1.165) is 30.5 Å². The van der Waals surface area contributed by atoms with Gasteiger partial charge in [-0.1, -0.05) is 12.1 Å². The molecule has 3 aromatic rings. The maximum atomic E-state index is 12.6. The normalized spacial score (nSPS) is 16.9. The first kappa shape index (κ1) is 24.1. The molecular formula is C24H32N6O3S. The predicted octanol–water partition coefficient (Wildman–Crippen LogP) is 5.03. The number of aromatic nitrogens is 5. The molecule has 0 aliphatic carbocycles. The zero-order chi connectivity index (χ0) is 24.3. The van der Waals surface area contributed by atoms with Crippen molar-refractivity contribution in [3.8, 4) is 28.8 Å². The largest absolute Gasteiger partial charge is 0.480 e. The first-order chi connectivity index (χ1) is 16.3. The molecule has 1 amide bonds. The van der Waals surface area contributed by atoms with Gasteiger partial charge in [0.1, 0.15) is 11.3 Å². The van der Waals surface area contributed by atoms with Crippen LogP contribution in [0, 0.1) is 0 Å². The van der Waals surface area contributed by atoms with Gasteiger partial charge in [0.25, 0.3) is 0 Å². The fourth-order valence-electron chi connectivity index (χ4n) is 3.98. The smallest absolute Gasteiger partial charge is 0.410 e. The van der Waals surface area contributed by atoms with Gasteiger partial charge in [-0.3, -0.25) is 5.10 Å². The summed E-state index contributed by atoms with van der Waals surface area (Å²) in [5.41, 5.74) is 1.18. The second-order valence-electron chi connectivity index (χ2n) is 9.31. The Balaban J connectivity index is 1.62. The van der Waals surface area contributed by atoms with E-state index in [1.807, 2.05) is 43.7 Å². The van der Waals surface area contributed by atoms with Gasteiger partial charge >= 0.3 is 6.09 Å². The van der Waals surface area contributed by atoms with Crippen LogP contribution in [0.3, 0.4) is 0 Å². The van der Waals surface area contributed by atoms with E-state index in [1.54, 1.807) is 23.8 Å². The summed E-state index contributed by atoms with van der Waals surface area (Å²) in [7, 11) is 1.58. The van der Waals surface area contributed by atoms with E-state index >= 15 is 0 Å². The number of nitrogens with one attached hydrogen (secondary N) is 1. The fraction of sp³-hybridized carbons (Fsp3) is 0.500. The summed E-state index contributed by atoms with van der Waals surface area (Å²) in [6.07, 6.45) is 4.28. The summed E-state index contributed by atoms with van der Waals surface area (Å²) in [5.74, 6) is 1.85. The summed E-state index contributed by atoms with van der Waals surface area (Å²) in [4.78, 5) is 20.5. The van der Waals surface area contributed by atoms with Crippen LogP contribution in [0.25, 0.3) is 22.9 Å². The van der Waals surface area contributed by atoms with Gasteiger partial charge in [-0.25, -0.2) is 14.5 Å². The van der Waals surface area contributed by atoms with Crippen molar-refractivity contribution in [1.29, 1.82) is 0 Å². The first-order valence-electron chi connectivity index (χ1n) is 11.5. The molecule has 1 aromatic carbocycles. The zero-order valence-corrected chi connectivity index (χ0v) is 21.2. The molecular weight excluding hydrogens is 452 g/mol. The molecule has 0 spiro atoms. The van der Waals surface area contributed by atoms with E-state index in [-0.39, 0.29) is 12.1 Å². The molecule has 0 radical (unpaired) electrons. The van der Waals surface area contributed by atoms with Gasteiger partial charge in [0.05, 0.1) is 13.2 Å². The number of hydrogen-bond acceptors (Lipinski definition) is 7. The number of thioether (sulfide) groups is 1. The Morgan fingerprint density at radius 1 is 1.18 bits per heavy atom. The number of benzene rings is 1. The average molecular weight is 485 g/mol. The Bertz CT molecular complexity index is 1120. The topological polar surface area (TPSA) is 98.2 Å². The van der Waals surface area contributed by atoms with Gasteiger partial charge in [0.15, 0.2) is 11.6 Å². The van der Waals surface area contributed by atoms with Gasteiger partial charge in [0.2, 0.25) is 5.88 Å². The highest BCUT2D eigenvalue weighted by atomic mass is 32.2. The quantitative estimate of drug-likeness (QED) is 0.507. The molecule has 10 heteroatoms. The molecule has 1 N–H and O–H groups in total. The number of nitrogens with zero attached hydrogens (tertiary/aromatic N) is 5. The minimum Gasteiger partial charge on any atom is -0.480 e. The van der Waals surface area contributed by atoms with E-state index in [1.165, 1.54) is 4.90 Å². The number of rotatable bonds is 5. The highest BCUT2D eigenvalue weighted by Crippen LogP contribution is 2.31. The van der Waals surface area contributed by atoms with Crippen LogP contribution >= 0.6 is 11.8 Å². The van der Waals surface area contributed by atoms with Crippen LogP contribution in [0.4, 0.5) is 4.79 Å². The summed E-state index contributed by atoms with van der Waals surface area (Å²) < 4.78 is 12.8. The van der Waals surface area contributed by atoms with Crippen molar-refractivity contribution < 1.29 is 14.3 Å². The third-order valence-electron chi connectivity index (χ3n) is 5.68. The number of methoxy groups -OCH3 is 1. The Morgan fingerprint density at radius 3 is 2.59 bits per heavy atom. The number of likely N-dealkylation sites (tertiary alicyclic amines) is 1. The molecule has 34 heavy (non-hydrogen) atoms. The highest BCUT2D eigenvalue weighted by Gasteiger charge is 2.28. The minimum absolute atomic E-state index is 0.0865.